The van der Waals surface area contributed by atoms with Gasteiger partial charge in [0.15, 0.2) is 17.3 Å². The van der Waals surface area contributed by atoms with E-state index in [-0.39, 0.29) is 47.4 Å². The third kappa shape index (κ3) is 5.57. The number of methoxy groups -OCH3 is 1. The van der Waals surface area contributed by atoms with E-state index in [1.165, 1.54) is 18.1 Å². The zero-order chi connectivity index (χ0) is 30.9. The summed E-state index contributed by atoms with van der Waals surface area (Å²) < 4.78 is 27.9. The van der Waals surface area contributed by atoms with Crippen molar-refractivity contribution >= 4 is 52.2 Å². The highest BCUT2D eigenvalue weighted by molar-refractivity contribution is 7.17. The topological polar surface area (TPSA) is 168 Å². The van der Waals surface area contributed by atoms with E-state index in [4.69, 9.17) is 8.85 Å². The molecule has 0 unspecified atom stereocenters. The molecule has 2 fully saturated rings. The van der Waals surface area contributed by atoms with Crippen molar-refractivity contribution in [2.24, 2.45) is 5.92 Å². The number of anilines is 3. The van der Waals surface area contributed by atoms with Gasteiger partial charge >= 0.3 is 0 Å². The van der Waals surface area contributed by atoms with Crippen molar-refractivity contribution in [1.82, 2.24) is 30.7 Å². The molecule has 1 saturated carbocycles. The lowest BCUT2D eigenvalue weighted by Gasteiger charge is -2.26. The molecule has 1 aliphatic carbocycles. The molecule has 2 aromatic heterocycles. The van der Waals surface area contributed by atoms with E-state index < -0.39 is 12.9 Å². The second-order valence-corrected chi connectivity index (χ2v) is 10.2. The van der Waals surface area contributed by atoms with Crippen LogP contribution >= 0.6 is 11.3 Å². The zero-order valence-electron chi connectivity index (χ0n) is 24.7. The van der Waals surface area contributed by atoms with Gasteiger partial charge in [-0.2, -0.15) is 0 Å². The average molecular weight is 568 g/mol. The molecule has 1 aliphatic heterocycles. The fourth-order valence-corrected chi connectivity index (χ4v) is 5.24. The molecule has 208 valence electrons. The van der Waals surface area contributed by atoms with Gasteiger partial charge < -0.3 is 30.9 Å². The number of aromatic nitrogens is 3. The van der Waals surface area contributed by atoms with Crippen molar-refractivity contribution < 1.29 is 28.0 Å². The fraction of sp³-hybridized carbons (Fsp3) is 0.346. The molecule has 3 heterocycles. The fourth-order valence-electron chi connectivity index (χ4n) is 4.18. The number of nitrogens with zero attached hydrogens (tertiary/aromatic N) is 4. The van der Waals surface area contributed by atoms with E-state index in [2.05, 4.69) is 31.1 Å². The summed E-state index contributed by atoms with van der Waals surface area (Å²) in [4.78, 5) is 56.6. The molecule has 0 atom stereocenters. The van der Waals surface area contributed by atoms with E-state index >= 15 is 0 Å². The Labute approximate surface area is 237 Å². The van der Waals surface area contributed by atoms with Crippen molar-refractivity contribution in [2.45, 2.75) is 19.8 Å². The average Bonchev–Trinajstić information content (AvgIpc) is 3.73. The molecule has 0 spiro atoms. The number of piperazine rings is 1. The van der Waals surface area contributed by atoms with Gasteiger partial charge in [-0.3, -0.25) is 19.2 Å². The number of para-hydroxylation sites is 1. The molecule has 2 aliphatic rings. The SMILES string of the molecule is [2H]C([2H])([2H])NC(=O)c1nnc(NC(=O)C2CC2)cc1Nc1cccc(-c2nc(C)c(C(=O)N3CCNC(=O)C3)s2)c1OC. The van der Waals surface area contributed by atoms with E-state index in [1.54, 1.807) is 25.1 Å². The summed E-state index contributed by atoms with van der Waals surface area (Å²) in [6.07, 6.45) is 1.54. The number of carbonyl (C=O) groups is 4. The Morgan fingerprint density at radius 3 is 2.77 bits per heavy atom. The van der Waals surface area contributed by atoms with Gasteiger partial charge in [0.1, 0.15) is 9.88 Å². The van der Waals surface area contributed by atoms with Gasteiger partial charge in [0, 0.05) is 36.2 Å². The number of rotatable bonds is 8. The van der Waals surface area contributed by atoms with Gasteiger partial charge in [-0.05, 0) is 31.9 Å². The van der Waals surface area contributed by atoms with E-state index in [0.29, 0.717) is 45.7 Å². The molecule has 4 N–H and O–H groups in total. The number of nitrogens with one attached hydrogen (secondary N) is 4. The Morgan fingerprint density at radius 1 is 1.23 bits per heavy atom. The Kier molecular flexibility index (Phi) is 6.56. The summed E-state index contributed by atoms with van der Waals surface area (Å²) in [6.45, 7) is -0.334. The van der Waals surface area contributed by atoms with Crippen LogP contribution < -0.4 is 26.0 Å². The van der Waals surface area contributed by atoms with Crippen LogP contribution in [0.1, 0.15) is 42.8 Å². The molecular weight excluding hydrogens is 536 g/mol. The first kappa shape index (κ1) is 23.3. The Bertz CT molecular complexity index is 1610. The molecule has 1 aromatic carbocycles. The van der Waals surface area contributed by atoms with E-state index in [0.717, 1.165) is 24.2 Å². The first-order valence-corrected chi connectivity index (χ1v) is 13.2. The standard InChI is InChI=1S/C26H28N8O5S/c1-13-22(26(38)34-10-9-28-19(35)12-34)40-25(29-13)15-5-4-6-16(21(15)39-3)30-17-11-18(31-23(36)14-7-8-14)32-33-20(17)24(37)27-2/h4-6,11,14H,7-10,12H2,1-3H3,(H,27,37)(H,28,35)(H2,30,31,32,36)/i2D3. The van der Waals surface area contributed by atoms with Gasteiger partial charge in [0.05, 0.1) is 36.3 Å². The van der Waals surface area contributed by atoms with Crippen LogP contribution in [0.3, 0.4) is 0 Å². The minimum absolute atomic E-state index is 0.0328. The molecule has 3 aromatic rings. The van der Waals surface area contributed by atoms with Crippen LogP contribution in [0.25, 0.3) is 10.6 Å². The predicted molar refractivity (Wildman–Crippen MR) is 148 cm³/mol. The summed E-state index contributed by atoms with van der Waals surface area (Å²) >= 11 is 1.15. The lowest BCUT2D eigenvalue weighted by atomic mass is 10.1. The second kappa shape index (κ2) is 11.3. The van der Waals surface area contributed by atoms with Crippen molar-refractivity contribution in [3.8, 4) is 16.3 Å². The highest BCUT2D eigenvalue weighted by Crippen LogP contribution is 2.41. The second-order valence-electron chi connectivity index (χ2n) is 9.23. The van der Waals surface area contributed by atoms with Crippen LogP contribution in [0.2, 0.25) is 0 Å². The molecule has 0 radical (unpaired) electrons. The number of aryl methyl sites for hydroxylation is 1. The van der Waals surface area contributed by atoms with Gasteiger partial charge in [0.25, 0.3) is 11.8 Å². The molecule has 5 rings (SSSR count). The lowest BCUT2D eigenvalue weighted by molar-refractivity contribution is -0.123. The van der Waals surface area contributed by atoms with Crippen molar-refractivity contribution in [3.63, 3.8) is 0 Å². The number of thiazole rings is 1. The third-order valence-electron chi connectivity index (χ3n) is 6.36. The highest BCUT2D eigenvalue weighted by Gasteiger charge is 2.30. The minimum atomic E-state index is -2.78. The van der Waals surface area contributed by atoms with Crippen LogP contribution in [-0.4, -0.2) is 77.4 Å². The normalized spacial score (nSPS) is 16.2. The maximum absolute atomic E-state index is 13.2. The molecule has 1 saturated heterocycles. The first-order chi connectivity index (χ1) is 20.4. The monoisotopic (exact) mass is 567 g/mol. The van der Waals surface area contributed by atoms with Crippen molar-refractivity contribution in [1.29, 1.82) is 0 Å². The predicted octanol–water partition coefficient (Wildman–Crippen LogP) is 1.94. The molecular formula is C26H28N8O5S. The molecule has 4 amide bonds. The molecule has 14 heteroatoms. The largest absolute Gasteiger partial charge is 0.494 e. The zero-order valence-corrected chi connectivity index (χ0v) is 22.5. The van der Waals surface area contributed by atoms with Gasteiger partial charge in [-0.15, -0.1) is 21.5 Å². The number of hydrogen-bond acceptors (Lipinski definition) is 10. The Morgan fingerprint density at radius 2 is 2.05 bits per heavy atom. The summed E-state index contributed by atoms with van der Waals surface area (Å²) in [7, 11) is 1.44. The van der Waals surface area contributed by atoms with Crippen LogP contribution in [0, 0.1) is 12.8 Å². The summed E-state index contributed by atoms with van der Waals surface area (Å²) in [6, 6.07) is 6.50. The lowest BCUT2D eigenvalue weighted by Crippen LogP contribution is -2.49. The van der Waals surface area contributed by atoms with Crippen molar-refractivity contribution in [3.05, 3.63) is 40.5 Å². The maximum Gasteiger partial charge on any atom is 0.273 e. The van der Waals surface area contributed by atoms with Crippen LogP contribution in [-0.2, 0) is 9.59 Å². The van der Waals surface area contributed by atoms with Gasteiger partial charge in [-0.1, -0.05) is 6.07 Å². The Hall–Kier alpha value is -4.59. The Balaban J connectivity index is 1.48. The van der Waals surface area contributed by atoms with Gasteiger partial charge in [0.2, 0.25) is 11.8 Å². The van der Waals surface area contributed by atoms with E-state index in [9.17, 15) is 19.2 Å². The van der Waals surface area contributed by atoms with Gasteiger partial charge in [-0.25, -0.2) is 4.98 Å². The maximum atomic E-state index is 13.2. The number of amides is 4. The highest BCUT2D eigenvalue weighted by atomic mass is 32.1. The number of hydrogen-bond donors (Lipinski definition) is 4. The minimum Gasteiger partial charge on any atom is -0.494 e. The summed E-state index contributed by atoms with van der Waals surface area (Å²) in [5, 5.41) is 18.6. The van der Waals surface area contributed by atoms with Crippen molar-refractivity contribution in [2.75, 3.05) is 44.4 Å². The molecule has 0 bridgehead atoms. The summed E-state index contributed by atoms with van der Waals surface area (Å²) in [5.41, 5.74) is 1.14. The van der Waals surface area contributed by atoms with E-state index in [1.807, 2.05) is 5.32 Å². The molecule has 13 nitrogen and oxygen atoms in total. The van der Waals surface area contributed by atoms with Crippen LogP contribution in [0.4, 0.5) is 17.2 Å². The molecule has 40 heavy (non-hydrogen) atoms. The first-order valence-electron chi connectivity index (χ1n) is 13.9. The smallest absolute Gasteiger partial charge is 0.273 e. The third-order valence-corrected chi connectivity index (χ3v) is 7.54. The van der Waals surface area contributed by atoms with Crippen LogP contribution in [0.15, 0.2) is 24.3 Å². The summed E-state index contributed by atoms with van der Waals surface area (Å²) in [5.74, 6) is -1.48. The quantitative estimate of drug-likeness (QED) is 0.318. The number of benzene rings is 1. The number of carbonyl (C=O) groups excluding carboxylic acids is 4. The number of ether oxygens (including phenoxy) is 1. The van der Waals surface area contributed by atoms with Crippen LogP contribution in [0.5, 0.6) is 5.75 Å².